The van der Waals surface area contributed by atoms with Crippen molar-refractivity contribution < 1.29 is 5.11 Å². The molecule has 0 aromatic heterocycles. The lowest BCUT2D eigenvalue weighted by Gasteiger charge is -2.23. The minimum Gasteiger partial charge on any atom is -0.389 e. The zero-order chi connectivity index (χ0) is 12.0. The molecule has 0 aliphatic carbocycles. The van der Waals surface area contributed by atoms with Crippen molar-refractivity contribution in [1.29, 1.82) is 0 Å². The predicted molar refractivity (Wildman–Crippen MR) is 69.9 cm³/mol. The van der Waals surface area contributed by atoms with E-state index in [0.29, 0.717) is 0 Å². The smallest absolute Gasteiger partial charge is 0.0781 e. The Morgan fingerprint density at radius 1 is 1.25 bits per heavy atom. The van der Waals surface area contributed by atoms with Crippen molar-refractivity contribution in [3.8, 4) is 0 Å². The van der Waals surface area contributed by atoms with Gasteiger partial charge in [0.15, 0.2) is 0 Å². The van der Waals surface area contributed by atoms with Crippen molar-refractivity contribution in [2.75, 3.05) is 18.5 Å². The van der Waals surface area contributed by atoms with Crippen LogP contribution in [0.2, 0.25) is 0 Å². The predicted octanol–water partition coefficient (Wildman–Crippen LogP) is 3.37. The lowest BCUT2D eigenvalue weighted by atomic mass is 10.1. The van der Waals surface area contributed by atoms with Crippen molar-refractivity contribution in [2.24, 2.45) is 0 Å². The molecule has 0 saturated carbocycles. The summed E-state index contributed by atoms with van der Waals surface area (Å²) in [6.45, 7) is 5.08. The van der Waals surface area contributed by atoms with Crippen molar-refractivity contribution >= 4 is 5.69 Å². The zero-order valence-electron chi connectivity index (χ0n) is 10.6. The normalized spacial score (nSPS) is 12.5. The standard InChI is InChI=1S/C14H23NO/c1-4-5-8-11-15(3)14-10-7-6-9-13(14)12(2)16/h6-7,9-10,12,16H,4-5,8,11H2,1-3H3. The summed E-state index contributed by atoms with van der Waals surface area (Å²) in [5.41, 5.74) is 2.16. The van der Waals surface area contributed by atoms with Crippen molar-refractivity contribution in [3.63, 3.8) is 0 Å². The molecule has 0 fully saturated rings. The maximum Gasteiger partial charge on any atom is 0.0781 e. The average molecular weight is 221 g/mol. The monoisotopic (exact) mass is 221 g/mol. The maximum atomic E-state index is 9.70. The maximum absolute atomic E-state index is 9.70. The Hall–Kier alpha value is -1.02. The molecule has 1 atom stereocenters. The Labute approximate surface area is 98.9 Å². The van der Waals surface area contributed by atoms with Crippen LogP contribution in [-0.4, -0.2) is 18.7 Å². The van der Waals surface area contributed by atoms with Crippen LogP contribution < -0.4 is 4.90 Å². The SMILES string of the molecule is CCCCCN(C)c1ccccc1C(C)O. The highest BCUT2D eigenvalue weighted by Gasteiger charge is 2.10. The van der Waals surface area contributed by atoms with Crippen LogP contribution in [0.15, 0.2) is 24.3 Å². The topological polar surface area (TPSA) is 23.5 Å². The van der Waals surface area contributed by atoms with E-state index in [1.807, 2.05) is 25.1 Å². The third-order valence-electron chi connectivity index (χ3n) is 2.90. The van der Waals surface area contributed by atoms with Crippen molar-refractivity contribution in [2.45, 2.75) is 39.2 Å². The van der Waals surface area contributed by atoms with Gasteiger partial charge in [-0.2, -0.15) is 0 Å². The summed E-state index contributed by atoms with van der Waals surface area (Å²) in [4.78, 5) is 2.23. The van der Waals surface area contributed by atoms with Crippen molar-refractivity contribution in [3.05, 3.63) is 29.8 Å². The molecule has 0 radical (unpaired) electrons. The molecule has 1 rings (SSSR count). The molecule has 16 heavy (non-hydrogen) atoms. The van der Waals surface area contributed by atoms with Gasteiger partial charge in [-0.25, -0.2) is 0 Å². The van der Waals surface area contributed by atoms with Gasteiger partial charge in [0.2, 0.25) is 0 Å². The third-order valence-corrected chi connectivity index (χ3v) is 2.90. The highest BCUT2D eigenvalue weighted by molar-refractivity contribution is 5.53. The average Bonchev–Trinajstić information content (AvgIpc) is 2.29. The van der Waals surface area contributed by atoms with E-state index < -0.39 is 6.10 Å². The van der Waals surface area contributed by atoms with Gasteiger partial charge in [-0.1, -0.05) is 38.0 Å². The molecule has 1 aromatic rings. The van der Waals surface area contributed by atoms with E-state index in [2.05, 4.69) is 24.9 Å². The molecule has 1 N–H and O–H groups in total. The molecule has 0 saturated heterocycles. The van der Waals surface area contributed by atoms with Gasteiger partial charge in [-0.15, -0.1) is 0 Å². The number of nitrogens with zero attached hydrogens (tertiary/aromatic N) is 1. The summed E-state index contributed by atoms with van der Waals surface area (Å²) in [6, 6.07) is 8.08. The van der Waals surface area contributed by atoms with Crippen LogP contribution in [0.3, 0.4) is 0 Å². The second-order valence-corrected chi connectivity index (χ2v) is 4.36. The number of benzene rings is 1. The number of hydrogen-bond donors (Lipinski definition) is 1. The Morgan fingerprint density at radius 3 is 2.56 bits per heavy atom. The molecular formula is C14H23NO. The van der Waals surface area contributed by atoms with Gasteiger partial charge in [0, 0.05) is 24.8 Å². The first kappa shape index (κ1) is 13.0. The zero-order valence-corrected chi connectivity index (χ0v) is 10.6. The molecule has 2 nitrogen and oxygen atoms in total. The first-order valence-corrected chi connectivity index (χ1v) is 6.15. The quantitative estimate of drug-likeness (QED) is 0.744. The molecule has 0 bridgehead atoms. The van der Waals surface area contributed by atoms with E-state index in [0.717, 1.165) is 17.8 Å². The first-order chi connectivity index (χ1) is 7.66. The first-order valence-electron chi connectivity index (χ1n) is 6.15. The minimum absolute atomic E-state index is 0.398. The van der Waals surface area contributed by atoms with Gasteiger partial charge in [0.25, 0.3) is 0 Å². The summed E-state index contributed by atoms with van der Waals surface area (Å²) in [6.07, 6.45) is 3.32. The molecule has 1 unspecified atom stereocenters. The summed E-state index contributed by atoms with van der Waals surface area (Å²) < 4.78 is 0. The Morgan fingerprint density at radius 2 is 1.94 bits per heavy atom. The second kappa shape index (κ2) is 6.54. The summed E-state index contributed by atoms with van der Waals surface area (Å²) in [7, 11) is 2.09. The molecular weight excluding hydrogens is 198 g/mol. The summed E-state index contributed by atoms with van der Waals surface area (Å²) in [5.74, 6) is 0. The van der Waals surface area contributed by atoms with Crippen LogP contribution >= 0.6 is 0 Å². The van der Waals surface area contributed by atoms with E-state index in [4.69, 9.17) is 0 Å². The van der Waals surface area contributed by atoms with Crippen LogP contribution in [0.25, 0.3) is 0 Å². The molecule has 2 heteroatoms. The third kappa shape index (κ3) is 3.53. The molecule has 0 amide bonds. The number of aliphatic hydroxyl groups excluding tert-OH is 1. The van der Waals surface area contributed by atoms with Gasteiger partial charge in [-0.3, -0.25) is 0 Å². The van der Waals surface area contributed by atoms with Gasteiger partial charge in [-0.05, 0) is 19.4 Å². The molecule has 0 heterocycles. The highest BCUT2D eigenvalue weighted by atomic mass is 16.3. The summed E-state index contributed by atoms with van der Waals surface area (Å²) >= 11 is 0. The van der Waals surface area contributed by atoms with Crippen LogP contribution in [0.4, 0.5) is 5.69 Å². The number of para-hydroxylation sites is 1. The molecule has 0 aliphatic rings. The second-order valence-electron chi connectivity index (χ2n) is 4.36. The van der Waals surface area contributed by atoms with E-state index >= 15 is 0 Å². The minimum atomic E-state index is -0.398. The molecule has 90 valence electrons. The largest absolute Gasteiger partial charge is 0.389 e. The fraction of sp³-hybridized carbons (Fsp3) is 0.571. The number of hydrogen-bond acceptors (Lipinski definition) is 2. The Kier molecular flexibility index (Phi) is 5.33. The fourth-order valence-corrected chi connectivity index (χ4v) is 1.91. The number of aliphatic hydroxyl groups is 1. The highest BCUT2D eigenvalue weighted by Crippen LogP contribution is 2.25. The molecule has 0 aliphatic heterocycles. The van der Waals surface area contributed by atoms with Gasteiger partial charge in [0.1, 0.15) is 0 Å². The summed E-state index contributed by atoms with van der Waals surface area (Å²) in [5, 5.41) is 9.70. The number of anilines is 1. The number of rotatable bonds is 6. The van der Waals surface area contributed by atoms with Gasteiger partial charge < -0.3 is 10.0 Å². The Balaban J connectivity index is 2.70. The lowest BCUT2D eigenvalue weighted by Crippen LogP contribution is -2.20. The lowest BCUT2D eigenvalue weighted by molar-refractivity contribution is 0.199. The van der Waals surface area contributed by atoms with Gasteiger partial charge in [0.05, 0.1) is 6.10 Å². The van der Waals surface area contributed by atoms with Crippen molar-refractivity contribution in [1.82, 2.24) is 0 Å². The van der Waals surface area contributed by atoms with Crippen LogP contribution in [-0.2, 0) is 0 Å². The fourth-order valence-electron chi connectivity index (χ4n) is 1.91. The van der Waals surface area contributed by atoms with E-state index in [1.165, 1.54) is 19.3 Å². The van der Waals surface area contributed by atoms with Crippen LogP contribution in [0.1, 0.15) is 44.8 Å². The van der Waals surface area contributed by atoms with Gasteiger partial charge >= 0.3 is 0 Å². The molecule has 0 spiro atoms. The van der Waals surface area contributed by atoms with Crippen LogP contribution in [0, 0.1) is 0 Å². The van der Waals surface area contributed by atoms with E-state index in [1.54, 1.807) is 0 Å². The van der Waals surface area contributed by atoms with Crippen LogP contribution in [0.5, 0.6) is 0 Å². The Bertz CT molecular complexity index is 309. The van der Waals surface area contributed by atoms with E-state index in [-0.39, 0.29) is 0 Å². The number of unbranched alkanes of at least 4 members (excludes halogenated alkanes) is 2. The molecule has 1 aromatic carbocycles. The van der Waals surface area contributed by atoms with E-state index in [9.17, 15) is 5.11 Å².